The standard InChI is InChI=1S/C9H5F2NO2S/c10-5-1-2-7(6(11)3-5)12-8(13)4-15-9(12)14/h1-3H,4H2. The van der Waals surface area contributed by atoms with Crippen LogP contribution < -0.4 is 4.90 Å². The van der Waals surface area contributed by atoms with Gasteiger partial charge in [0.1, 0.15) is 11.6 Å². The predicted octanol–water partition coefficient (Wildman–Crippen LogP) is 2.16. The Hall–Kier alpha value is -1.43. The largest absolute Gasteiger partial charge is 0.293 e. The van der Waals surface area contributed by atoms with Crippen LogP contribution in [0.2, 0.25) is 0 Å². The van der Waals surface area contributed by atoms with E-state index in [0.29, 0.717) is 6.07 Å². The Balaban J connectivity index is 2.45. The quantitative estimate of drug-likeness (QED) is 0.740. The Bertz CT molecular complexity index is 434. The number of imide groups is 1. The van der Waals surface area contributed by atoms with Gasteiger partial charge in [-0.3, -0.25) is 9.59 Å². The van der Waals surface area contributed by atoms with Crippen molar-refractivity contribution in [1.29, 1.82) is 0 Å². The number of carbonyl (C=O) groups is 2. The maximum Gasteiger partial charge on any atom is 0.293 e. The third-order valence-corrected chi connectivity index (χ3v) is 2.72. The first-order chi connectivity index (χ1) is 7.09. The van der Waals surface area contributed by atoms with Crippen LogP contribution in [-0.2, 0) is 4.79 Å². The van der Waals surface area contributed by atoms with E-state index in [9.17, 15) is 18.4 Å². The van der Waals surface area contributed by atoms with E-state index in [2.05, 4.69) is 0 Å². The third kappa shape index (κ3) is 1.72. The maximum absolute atomic E-state index is 13.3. The van der Waals surface area contributed by atoms with Crippen LogP contribution >= 0.6 is 11.8 Å². The molecule has 1 heterocycles. The van der Waals surface area contributed by atoms with Crippen LogP contribution in [0.25, 0.3) is 0 Å². The topological polar surface area (TPSA) is 37.4 Å². The number of hydrogen-bond acceptors (Lipinski definition) is 3. The van der Waals surface area contributed by atoms with Crippen molar-refractivity contribution < 1.29 is 18.4 Å². The molecule has 2 rings (SSSR count). The van der Waals surface area contributed by atoms with E-state index in [1.165, 1.54) is 0 Å². The van der Waals surface area contributed by atoms with Gasteiger partial charge in [-0.25, -0.2) is 13.7 Å². The minimum Gasteiger partial charge on any atom is -0.273 e. The van der Waals surface area contributed by atoms with Gasteiger partial charge in [0, 0.05) is 6.07 Å². The molecule has 1 aromatic carbocycles. The fourth-order valence-corrected chi connectivity index (χ4v) is 1.96. The number of hydrogen-bond donors (Lipinski definition) is 0. The molecule has 6 heteroatoms. The summed E-state index contributed by atoms with van der Waals surface area (Å²) in [6.45, 7) is 0. The number of anilines is 1. The van der Waals surface area contributed by atoms with E-state index in [-0.39, 0.29) is 11.4 Å². The van der Waals surface area contributed by atoms with Gasteiger partial charge in [-0.05, 0) is 12.1 Å². The van der Waals surface area contributed by atoms with Crippen molar-refractivity contribution in [3.05, 3.63) is 29.8 Å². The second-order valence-electron chi connectivity index (χ2n) is 2.88. The molecule has 0 N–H and O–H groups in total. The highest BCUT2D eigenvalue weighted by Crippen LogP contribution is 2.28. The van der Waals surface area contributed by atoms with E-state index in [0.717, 1.165) is 28.8 Å². The zero-order valence-corrected chi connectivity index (χ0v) is 8.18. The molecule has 1 fully saturated rings. The van der Waals surface area contributed by atoms with Crippen molar-refractivity contribution in [3.63, 3.8) is 0 Å². The number of nitrogens with zero attached hydrogens (tertiary/aromatic N) is 1. The molecule has 1 aliphatic rings. The van der Waals surface area contributed by atoms with Crippen LogP contribution in [0.5, 0.6) is 0 Å². The summed E-state index contributed by atoms with van der Waals surface area (Å²) >= 11 is 0.798. The Kier molecular flexibility index (Phi) is 2.44. The summed E-state index contributed by atoms with van der Waals surface area (Å²) in [5, 5.41) is -0.537. The lowest BCUT2D eigenvalue weighted by atomic mass is 10.2. The predicted molar refractivity (Wildman–Crippen MR) is 51.7 cm³/mol. The molecule has 0 aliphatic carbocycles. The summed E-state index contributed by atoms with van der Waals surface area (Å²) in [5.74, 6) is -2.16. The SMILES string of the molecule is O=C1CSC(=O)N1c1ccc(F)cc1F. The van der Waals surface area contributed by atoms with Crippen LogP contribution in [0, 0.1) is 11.6 Å². The minimum atomic E-state index is -0.917. The first-order valence-electron chi connectivity index (χ1n) is 4.04. The molecule has 2 amide bonds. The fourth-order valence-electron chi connectivity index (χ4n) is 1.25. The first-order valence-corrected chi connectivity index (χ1v) is 5.03. The molecule has 1 aliphatic heterocycles. The molecule has 0 unspecified atom stereocenters. The van der Waals surface area contributed by atoms with Gasteiger partial charge in [0.2, 0.25) is 5.91 Å². The number of rotatable bonds is 1. The highest BCUT2D eigenvalue weighted by atomic mass is 32.2. The van der Waals surface area contributed by atoms with Crippen molar-refractivity contribution in [1.82, 2.24) is 0 Å². The summed E-state index contributed by atoms with van der Waals surface area (Å²) in [6.07, 6.45) is 0. The van der Waals surface area contributed by atoms with Crippen LogP contribution in [0.15, 0.2) is 18.2 Å². The highest BCUT2D eigenvalue weighted by molar-refractivity contribution is 8.15. The Labute approximate surface area is 88.1 Å². The summed E-state index contributed by atoms with van der Waals surface area (Å²) in [7, 11) is 0. The fraction of sp³-hybridized carbons (Fsp3) is 0.111. The third-order valence-electron chi connectivity index (χ3n) is 1.90. The monoisotopic (exact) mass is 229 g/mol. The molecule has 78 valence electrons. The summed E-state index contributed by atoms with van der Waals surface area (Å²) in [4.78, 5) is 23.2. The molecule has 0 spiro atoms. The van der Waals surface area contributed by atoms with E-state index in [4.69, 9.17) is 0 Å². The zero-order valence-electron chi connectivity index (χ0n) is 7.37. The zero-order chi connectivity index (χ0) is 11.0. The average Bonchev–Trinajstić information content (AvgIpc) is 2.48. The molecule has 0 saturated carbocycles. The van der Waals surface area contributed by atoms with Crippen LogP contribution in [0.3, 0.4) is 0 Å². The van der Waals surface area contributed by atoms with E-state index < -0.39 is 22.8 Å². The minimum absolute atomic E-state index is 0.00432. The number of halogens is 2. The lowest BCUT2D eigenvalue weighted by molar-refractivity contribution is -0.115. The Morgan fingerprint density at radius 2 is 2.00 bits per heavy atom. The molecule has 1 aromatic rings. The summed E-state index contributed by atoms with van der Waals surface area (Å²) in [6, 6.07) is 2.72. The number of benzene rings is 1. The lowest BCUT2D eigenvalue weighted by Crippen LogP contribution is -2.29. The highest BCUT2D eigenvalue weighted by Gasteiger charge is 2.33. The summed E-state index contributed by atoms with van der Waals surface area (Å²) in [5.41, 5.74) is -0.198. The molecule has 0 bridgehead atoms. The van der Waals surface area contributed by atoms with Crippen molar-refractivity contribution in [3.8, 4) is 0 Å². The van der Waals surface area contributed by atoms with Gasteiger partial charge < -0.3 is 0 Å². The molecule has 0 radical (unpaired) electrons. The van der Waals surface area contributed by atoms with Gasteiger partial charge in [0.05, 0.1) is 11.4 Å². The molecule has 0 atom stereocenters. The second kappa shape index (κ2) is 3.62. The van der Waals surface area contributed by atoms with E-state index >= 15 is 0 Å². The summed E-state index contributed by atoms with van der Waals surface area (Å²) < 4.78 is 25.8. The Morgan fingerprint density at radius 3 is 2.53 bits per heavy atom. The van der Waals surface area contributed by atoms with Crippen LogP contribution in [-0.4, -0.2) is 16.9 Å². The molecular formula is C9H5F2NO2S. The van der Waals surface area contributed by atoms with E-state index in [1.807, 2.05) is 0 Å². The van der Waals surface area contributed by atoms with Gasteiger partial charge in [0.15, 0.2) is 0 Å². The molecule has 1 saturated heterocycles. The van der Waals surface area contributed by atoms with Crippen LogP contribution in [0.1, 0.15) is 0 Å². The lowest BCUT2D eigenvalue weighted by Gasteiger charge is -2.13. The van der Waals surface area contributed by atoms with Gasteiger partial charge in [-0.15, -0.1) is 0 Å². The van der Waals surface area contributed by atoms with Crippen molar-refractivity contribution >= 4 is 28.6 Å². The van der Waals surface area contributed by atoms with Gasteiger partial charge in [-0.2, -0.15) is 0 Å². The van der Waals surface area contributed by atoms with Gasteiger partial charge in [0.25, 0.3) is 5.24 Å². The Morgan fingerprint density at radius 1 is 1.27 bits per heavy atom. The van der Waals surface area contributed by atoms with Gasteiger partial charge >= 0.3 is 0 Å². The normalized spacial score (nSPS) is 16.3. The molecular weight excluding hydrogens is 224 g/mol. The number of carbonyl (C=O) groups excluding carboxylic acids is 2. The smallest absolute Gasteiger partial charge is 0.273 e. The maximum atomic E-state index is 13.3. The number of thioether (sulfide) groups is 1. The van der Waals surface area contributed by atoms with Crippen molar-refractivity contribution in [2.45, 2.75) is 0 Å². The van der Waals surface area contributed by atoms with E-state index in [1.54, 1.807) is 0 Å². The molecule has 3 nitrogen and oxygen atoms in total. The average molecular weight is 229 g/mol. The van der Waals surface area contributed by atoms with Crippen LogP contribution in [0.4, 0.5) is 19.3 Å². The number of amides is 2. The van der Waals surface area contributed by atoms with Gasteiger partial charge in [-0.1, -0.05) is 11.8 Å². The van der Waals surface area contributed by atoms with Crippen molar-refractivity contribution in [2.24, 2.45) is 0 Å². The molecule has 15 heavy (non-hydrogen) atoms. The second-order valence-corrected chi connectivity index (χ2v) is 3.81. The van der Waals surface area contributed by atoms with Crippen molar-refractivity contribution in [2.75, 3.05) is 10.7 Å². The molecule has 0 aromatic heterocycles. The first kappa shape index (κ1) is 10.1.